The van der Waals surface area contributed by atoms with Crippen LogP contribution in [0.2, 0.25) is 0 Å². The van der Waals surface area contributed by atoms with Crippen molar-refractivity contribution in [2.45, 2.75) is 77.2 Å². The van der Waals surface area contributed by atoms with E-state index in [2.05, 4.69) is 68.2 Å². The van der Waals surface area contributed by atoms with E-state index in [1.54, 1.807) is 5.56 Å². The van der Waals surface area contributed by atoms with E-state index in [0.717, 1.165) is 23.8 Å². The van der Waals surface area contributed by atoms with Crippen molar-refractivity contribution in [2.24, 2.45) is 28.6 Å². The molecular weight excluding hydrogens is 388 g/mol. The van der Waals surface area contributed by atoms with Gasteiger partial charge in [0.2, 0.25) is 0 Å². The summed E-state index contributed by atoms with van der Waals surface area (Å²) in [6.45, 7) is 5.30. The van der Waals surface area contributed by atoms with Gasteiger partial charge >= 0.3 is 0 Å². The molecule has 0 spiro atoms. The zero-order chi connectivity index (χ0) is 22.1. The molecule has 2 nitrogen and oxygen atoms in total. The normalized spacial score (nSPS) is 41.2. The highest BCUT2D eigenvalue weighted by Crippen LogP contribution is 2.68. The first-order chi connectivity index (χ1) is 15.4. The first-order valence-electron chi connectivity index (χ1n) is 13.1. The molecule has 6 rings (SSSR count). The zero-order valence-corrected chi connectivity index (χ0v) is 20.5. The molecule has 1 aromatic carbocycles. The Kier molecular flexibility index (Phi) is 4.85. The highest BCUT2D eigenvalue weighted by molar-refractivity contribution is 5.82. The van der Waals surface area contributed by atoms with Gasteiger partial charge in [-0.15, -0.1) is 0 Å². The van der Waals surface area contributed by atoms with Crippen molar-refractivity contribution in [1.82, 2.24) is 9.88 Å². The average molecular weight is 429 g/mol. The van der Waals surface area contributed by atoms with Crippen molar-refractivity contribution in [3.8, 4) is 0 Å². The van der Waals surface area contributed by atoms with E-state index >= 15 is 0 Å². The molecule has 3 fully saturated rings. The number of fused-ring (bicyclic) bond motifs is 6. The number of allylic oxidation sites excluding steroid dienone is 1. The lowest BCUT2D eigenvalue weighted by atomic mass is 9.47. The molecule has 0 amide bonds. The summed E-state index contributed by atoms with van der Waals surface area (Å²) in [6.07, 6.45) is 17.7. The summed E-state index contributed by atoms with van der Waals surface area (Å²) < 4.78 is 0. The molecule has 0 aliphatic heterocycles. The molecule has 2 heteroatoms. The number of hydrogen-bond donors (Lipinski definition) is 0. The Balaban J connectivity index is 1.30. The summed E-state index contributed by atoms with van der Waals surface area (Å²) in [4.78, 5) is 6.85. The monoisotopic (exact) mass is 428 g/mol. The molecule has 3 saturated carbocycles. The van der Waals surface area contributed by atoms with Crippen LogP contribution in [0.1, 0.15) is 76.7 Å². The van der Waals surface area contributed by atoms with E-state index in [0.29, 0.717) is 16.7 Å². The van der Waals surface area contributed by atoms with Crippen LogP contribution in [0.3, 0.4) is 0 Å². The van der Waals surface area contributed by atoms with Gasteiger partial charge < -0.3 is 4.90 Å². The number of hydrogen-bond acceptors (Lipinski definition) is 2. The number of pyridine rings is 1. The number of rotatable bonds is 2. The minimum atomic E-state index is 0.458. The fourth-order valence-corrected chi connectivity index (χ4v) is 8.95. The standard InChI is InChI=1S/C30H40N2/c1-29-14-11-24(32(3)4)18-23(29)7-8-25-27-10-9-26(30(27,2)15-12-28(25)29)21-6-5-20-13-16-31-19-22(20)17-21/h5-7,13,16-17,19,24-28H,8-12,14-15,18H2,1-4H3/t24-,25-,26+,27-,28-,29-,30+/m0/s1. The maximum absolute atomic E-state index is 4.39. The molecule has 32 heavy (non-hydrogen) atoms. The molecule has 0 bridgehead atoms. The van der Waals surface area contributed by atoms with Gasteiger partial charge in [0, 0.05) is 23.8 Å². The summed E-state index contributed by atoms with van der Waals surface area (Å²) in [5.74, 6) is 3.39. The third-order valence-corrected chi connectivity index (χ3v) is 10.9. The highest BCUT2D eigenvalue weighted by Gasteiger charge is 2.58. The molecule has 1 heterocycles. The summed E-state index contributed by atoms with van der Waals surface area (Å²) in [5.41, 5.74) is 4.30. The molecule has 0 unspecified atom stereocenters. The minimum absolute atomic E-state index is 0.458. The van der Waals surface area contributed by atoms with Gasteiger partial charge in [0.1, 0.15) is 0 Å². The maximum atomic E-state index is 4.39. The van der Waals surface area contributed by atoms with Crippen LogP contribution in [0.25, 0.3) is 10.8 Å². The lowest BCUT2D eigenvalue weighted by Gasteiger charge is -2.58. The topological polar surface area (TPSA) is 16.1 Å². The SMILES string of the molecule is CN(C)[C@H]1CC[C@@]2(C)C(=CC[C@H]3[C@@H]4CC[C@H](c5ccc6ccncc6c5)[C@@]4(C)CC[C@@H]32)C1. The van der Waals surface area contributed by atoms with Crippen molar-refractivity contribution < 1.29 is 0 Å². The van der Waals surface area contributed by atoms with Crippen LogP contribution in [-0.2, 0) is 0 Å². The van der Waals surface area contributed by atoms with Crippen LogP contribution in [0, 0.1) is 28.6 Å². The Morgan fingerprint density at radius 3 is 2.66 bits per heavy atom. The molecule has 7 atom stereocenters. The fraction of sp³-hybridized carbons (Fsp3) is 0.633. The van der Waals surface area contributed by atoms with Crippen LogP contribution >= 0.6 is 0 Å². The molecule has 1 aromatic heterocycles. The van der Waals surface area contributed by atoms with Crippen LogP contribution in [0.15, 0.2) is 48.3 Å². The van der Waals surface area contributed by atoms with Crippen molar-refractivity contribution >= 4 is 10.8 Å². The number of nitrogens with zero attached hydrogens (tertiary/aromatic N) is 2. The molecule has 4 aliphatic rings. The highest BCUT2D eigenvalue weighted by atomic mass is 15.1. The van der Waals surface area contributed by atoms with Crippen molar-refractivity contribution in [1.29, 1.82) is 0 Å². The van der Waals surface area contributed by atoms with Crippen molar-refractivity contribution in [2.75, 3.05) is 14.1 Å². The molecule has 2 aromatic rings. The van der Waals surface area contributed by atoms with Gasteiger partial charge in [0.15, 0.2) is 0 Å². The summed E-state index contributed by atoms with van der Waals surface area (Å²) >= 11 is 0. The van der Waals surface area contributed by atoms with E-state index in [1.807, 2.05) is 18.0 Å². The van der Waals surface area contributed by atoms with Crippen LogP contribution < -0.4 is 0 Å². The quantitative estimate of drug-likeness (QED) is 0.470. The van der Waals surface area contributed by atoms with E-state index in [1.165, 1.54) is 62.1 Å². The number of benzene rings is 1. The van der Waals surface area contributed by atoms with E-state index in [-0.39, 0.29) is 0 Å². The number of aromatic nitrogens is 1. The van der Waals surface area contributed by atoms with Gasteiger partial charge in [-0.1, -0.05) is 37.6 Å². The molecule has 4 aliphatic carbocycles. The molecule has 170 valence electrons. The zero-order valence-electron chi connectivity index (χ0n) is 20.5. The third-order valence-electron chi connectivity index (χ3n) is 10.9. The predicted octanol–water partition coefficient (Wildman–Crippen LogP) is 7.21. The van der Waals surface area contributed by atoms with E-state index < -0.39 is 0 Å². The van der Waals surface area contributed by atoms with Gasteiger partial charge in [0.05, 0.1) is 0 Å². The second-order valence-corrected chi connectivity index (χ2v) is 12.3. The molecular formula is C30H40N2. The Hall–Kier alpha value is -1.67. The predicted molar refractivity (Wildman–Crippen MR) is 134 cm³/mol. The Labute approximate surface area is 194 Å². The van der Waals surface area contributed by atoms with E-state index in [4.69, 9.17) is 0 Å². The van der Waals surface area contributed by atoms with Gasteiger partial charge in [-0.2, -0.15) is 0 Å². The summed E-state index contributed by atoms with van der Waals surface area (Å²) in [7, 11) is 4.54. The maximum Gasteiger partial charge on any atom is 0.0346 e. The van der Waals surface area contributed by atoms with Crippen LogP contribution in [0.4, 0.5) is 0 Å². The summed E-state index contributed by atoms with van der Waals surface area (Å²) in [6, 6.07) is 10.1. The van der Waals surface area contributed by atoms with Crippen LogP contribution in [-0.4, -0.2) is 30.0 Å². The molecule has 0 N–H and O–H groups in total. The van der Waals surface area contributed by atoms with Gasteiger partial charge in [-0.25, -0.2) is 0 Å². The molecule has 0 saturated heterocycles. The van der Waals surface area contributed by atoms with Gasteiger partial charge in [-0.3, -0.25) is 4.98 Å². The van der Waals surface area contributed by atoms with Crippen molar-refractivity contribution in [3.63, 3.8) is 0 Å². The first kappa shape index (κ1) is 20.9. The summed E-state index contributed by atoms with van der Waals surface area (Å²) in [5, 5.41) is 2.62. The Morgan fingerprint density at radius 1 is 0.938 bits per heavy atom. The lowest BCUT2D eigenvalue weighted by molar-refractivity contribution is -0.0356. The second-order valence-electron chi connectivity index (χ2n) is 12.3. The fourth-order valence-electron chi connectivity index (χ4n) is 8.95. The van der Waals surface area contributed by atoms with Gasteiger partial charge in [0.25, 0.3) is 0 Å². The lowest BCUT2D eigenvalue weighted by Crippen LogP contribution is -2.51. The van der Waals surface area contributed by atoms with E-state index in [9.17, 15) is 0 Å². The van der Waals surface area contributed by atoms with Gasteiger partial charge in [-0.05, 0) is 123 Å². The minimum Gasteiger partial charge on any atom is -0.306 e. The second kappa shape index (κ2) is 7.42. The average Bonchev–Trinajstić information content (AvgIpc) is 3.15. The van der Waals surface area contributed by atoms with Crippen molar-refractivity contribution in [3.05, 3.63) is 53.9 Å². The van der Waals surface area contributed by atoms with Crippen LogP contribution in [0.5, 0.6) is 0 Å². The first-order valence-corrected chi connectivity index (χ1v) is 13.1. The largest absolute Gasteiger partial charge is 0.306 e. The Bertz CT molecular complexity index is 1050. The smallest absolute Gasteiger partial charge is 0.0346 e. The molecule has 0 radical (unpaired) electrons. The Morgan fingerprint density at radius 2 is 1.81 bits per heavy atom. The third kappa shape index (κ3) is 2.98.